The lowest BCUT2D eigenvalue weighted by molar-refractivity contribution is -0.141. The first-order valence-electron chi connectivity index (χ1n) is 8.48. The highest BCUT2D eigenvalue weighted by molar-refractivity contribution is 5.98. The van der Waals surface area contributed by atoms with Crippen molar-refractivity contribution in [3.8, 4) is 11.6 Å². The lowest BCUT2D eigenvalue weighted by atomic mass is 10.2. The standard InChI is InChI=1S/C18H13F3N6O3/c19-18(20,21)14-7-15(26-25-14)24-17(29)27-4-3-10-5-12(1-2-13(10)27)30-16-6-11(8-28)22-9-23-16/h1-7,9,28H,8H2,(H2,24,25,26,29). The Morgan fingerprint density at radius 1 is 1.20 bits per heavy atom. The molecule has 30 heavy (non-hydrogen) atoms. The van der Waals surface area contributed by atoms with Crippen LogP contribution < -0.4 is 10.1 Å². The van der Waals surface area contributed by atoms with E-state index in [9.17, 15) is 18.0 Å². The summed E-state index contributed by atoms with van der Waals surface area (Å²) in [4.78, 5) is 20.3. The number of carbonyl (C=O) groups is 1. The van der Waals surface area contributed by atoms with Crippen LogP contribution in [0, 0.1) is 0 Å². The van der Waals surface area contributed by atoms with Crippen molar-refractivity contribution in [2.24, 2.45) is 0 Å². The van der Waals surface area contributed by atoms with Gasteiger partial charge in [-0.1, -0.05) is 0 Å². The smallest absolute Gasteiger partial charge is 0.432 e. The molecule has 12 heteroatoms. The van der Waals surface area contributed by atoms with Crippen LogP contribution in [0.3, 0.4) is 0 Å². The molecule has 0 saturated heterocycles. The lowest BCUT2D eigenvalue weighted by Gasteiger charge is -2.07. The van der Waals surface area contributed by atoms with Crippen LogP contribution in [0.2, 0.25) is 0 Å². The molecule has 0 fully saturated rings. The average Bonchev–Trinajstić information content (AvgIpc) is 3.34. The van der Waals surface area contributed by atoms with Crippen LogP contribution in [-0.4, -0.2) is 35.9 Å². The van der Waals surface area contributed by atoms with Crippen molar-refractivity contribution >= 4 is 22.8 Å². The fourth-order valence-electron chi connectivity index (χ4n) is 2.70. The third-order valence-corrected chi connectivity index (χ3v) is 4.08. The van der Waals surface area contributed by atoms with Crippen molar-refractivity contribution in [2.75, 3.05) is 5.32 Å². The normalized spacial score (nSPS) is 11.6. The molecule has 0 aliphatic rings. The Labute approximate surface area is 166 Å². The predicted octanol–water partition coefficient (Wildman–Crippen LogP) is 3.54. The number of anilines is 1. The molecule has 1 amide bonds. The first-order valence-corrected chi connectivity index (χ1v) is 8.48. The van der Waals surface area contributed by atoms with Gasteiger partial charge in [0.2, 0.25) is 5.88 Å². The number of nitrogens with zero attached hydrogens (tertiary/aromatic N) is 4. The van der Waals surface area contributed by atoms with Gasteiger partial charge >= 0.3 is 12.2 Å². The van der Waals surface area contributed by atoms with Crippen LogP contribution in [-0.2, 0) is 12.8 Å². The second-order valence-corrected chi connectivity index (χ2v) is 6.11. The first kappa shape index (κ1) is 19.4. The topological polar surface area (TPSA) is 118 Å². The molecular formula is C18H13F3N6O3. The Kier molecular flexibility index (Phi) is 4.83. The van der Waals surface area contributed by atoms with E-state index >= 15 is 0 Å². The molecule has 0 bridgehead atoms. The number of benzene rings is 1. The van der Waals surface area contributed by atoms with E-state index < -0.39 is 17.9 Å². The zero-order valence-corrected chi connectivity index (χ0v) is 15.0. The number of carbonyl (C=O) groups excluding carboxylic acids is 1. The summed E-state index contributed by atoms with van der Waals surface area (Å²) < 4.78 is 44.8. The van der Waals surface area contributed by atoms with Gasteiger partial charge in [-0.3, -0.25) is 15.0 Å². The maximum absolute atomic E-state index is 12.6. The van der Waals surface area contributed by atoms with Gasteiger partial charge < -0.3 is 9.84 Å². The van der Waals surface area contributed by atoms with Crippen LogP contribution in [0.25, 0.3) is 10.9 Å². The van der Waals surface area contributed by atoms with E-state index in [2.05, 4.69) is 20.4 Å². The molecule has 3 aromatic heterocycles. The summed E-state index contributed by atoms with van der Waals surface area (Å²) in [7, 11) is 0. The van der Waals surface area contributed by atoms with Crippen LogP contribution >= 0.6 is 0 Å². The van der Waals surface area contributed by atoms with Gasteiger partial charge in [-0.15, -0.1) is 0 Å². The Balaban J connectivity index is 1.53. The van der Waals surface area contributed by atoms with Gasteiger partial charge in [0.1, 0.15) is 17.8 Å². The van der Waals surface area contributed by atoms with Crippen molar-refractivity contribution in [3.63, 3.8) is 0 Å². The number of ether oxygens (including phenoxy) is 1. The summed E-state index contributed by atoms with van der Waals surface area (Å²) in [6.45, 7) is -0.254. The zero-order valence-electron chi connectivity index (χ0n) is 15.0. The number of halogens is 3. The Morgan fingerprint density at radius 2 is 2.03 bits per heavy atom. The number of aromatic amines is 1. The van der Waals surface area contributed by atoms with Crippen molar-refractivity contribution in [1.82, 2.24) is 24.7 Å². The first-order chi connectivity index (χ1) is 14.3. The van der Waals surface area contributed by atoms with E-state index in [1.807, 2.05) is 5.10 Å². The lowest BCUT2D eigenvalue weighted by Crippen LogP contribution is -2.18. The maximum atomic E-state index is 12.6. The molecule has 0 saturated carbocycles. The molecule has 0 atom stereocenters. The highest BCUT2D eigenvalue weighted by atomic mass is 19.4. The summed E-state index contributed by atoms with van der Waals surface area (Å²) in [5.41, 5.74) is -0.160. The molecular weight excluding hydrogens is 405 g/mol. The summed E-state index contributed by atoms with van der Waals surface area (Å²) in [6.07, 6.45) is -1.86. The van der Waals surface area contributed by atoms with Gasteiger partial charge in [-0.25, -0.2) is 14.8 Å². The van der Waals surface area contributed by atoms with E-state index in [1.54, 1.807) is 24.3 Å². The van der Waals surface area contributed by atoms with Gasteiger partial charge in [0.15, 0.2) is 5.82 Å². The number of amides is 1. The Bertz CT molecular complexity index is 1220. The minimum Gasteiger partial charge on any atom is -0.439 e. The van der Waals surface area contributed by atoms with Gasteiger partial charge in [-0.05, 0) is 24.3 Å². The molecule has 4 aromatic rings. The van der Waals surface area contributed by atoms with E-state index in [4.69, 9.17) is 9.84 Å². The van der Waals surface area contributed by atoms with E-state index in [0.717, 1.165) is 0 Å². The molecule has 3 heterocycles. The SMILES string of the molecule is O=C(Nc1cc(C(F)(F)F)[nH]n1)n1ccc2cc(Oc3cc(CO)ncn3)ccc21. The third kappa shape index (κ3) is 3.93. The molecule has 0 spiro atoms. The number of aliphatic hydroxyl groups excluding tert-OH is 1. The van der Waals surface area contributed by atoms with Crippen LogP contribution in [0.4, 0.5) is 23.8 Å². The molecule has 3 N–H and O–H groups in total. The summed E-state index contributed by atoms with van der Waals surface area (Å²) >= 11 is 0. The van der Waals surface area contributed by atoms with E-state index in [-0.39, 0.29) is 18.3 Å². The second kappa shape index (κ2) is 7.48. The largest absolute Gasteiger partial charge is 0.439 e. The number of rotatable bonds is 4. The molecule has 9 nitrogen and oxygen atoms in total. The maximum Gasteiger partial charge on any atom is 0.432 e. The number of alkyl halides is 3. The van der Waals surface area contributed by atoms with Crippen LogP contribution in [0.5, 0.6) is 11.6 Å². The Morgan fingerprint density at radius 3 is 2.77 bits per heavy atom. The molecule has 154 valence electrons. The summed E-state index contributed by atoms with van der Waals surface area (Å²) in [6, 6.07) is 8.04. The zero-order chi connectivity index (χ0) is 21.3. The summed E-state index contributed by atoms with van der Waals surface area (Å²) in [5.74, 6) is 0.424. The fourth-order valence-corrected chi connectivity index (χ4v) is 2.70. The average molecular weight is 418 g/mol. The molecule has 0 unspecified atom stereocenters. The van der Waals surface area contributed by atoms with Gasteiger partial charge in [0.25, 0.3) is 0 Å². The second-order valence-electron chi connectivity index (χ2n) is 6.11. The summed E-state index contributed by atoms with van der Waals surface area (Å²) in [5, 5.41) is 17.4. The third-order valence-electron chi connectivity index (χ3n) is 4.08. The Hall–Kier alpha value is -3.93. The van der Waals surface area contributed by atoms with Gasteiger partial charge in [0.05, 0.1) is 17.8 Å². The molecule has 0 radical (unpaired) electrons. The predicted molar refractivity (Wildman–Crippen MR) is 98.0 cm³/mol. The van der Waals surface area contributed by atoms with Crippen molar-refractivity contribution in [3.05, 3.63) is 60.3 Å². The van der Waals surface area contributed by atoms with Crippen LogP contribution in [0.15, 0.2) is 48.9 Å². The molecule has 0 aliphatic heterocycles. The minimum absolute atomic E-state index is 0.240. The quantitative estimate of drug-likeness (QED) is 0.467. The molecule has 4 rings (SSSR count). The molecule has 0 aliphatic carbocycles. The fraction of sp³-hybridized carbons (Fsp3) is 0.111. The van der Waals surface area contributed by atoms with Crippen molar-refractivity contribution < 1.29 is 27.8 Å². The molecule has 1 aromatic carbocycles. The highest BCUT2D eigenvalue weighted by Gasteiger charge is 2.33. The van der Waals surface area contributed by atoms with E-state index in [0.29, 0.717) is 28.4 Å². The van der Waals surface area contributed by atoms with Crippen molar-refractivity contribution in [2.45, 2.75) is 12.8 Å². The van der Waals surface area contributed by atoms with Gasteiger partial charge in [0, 0.05) is 23.7 Å². The monoisotopic (exact) mass is 418 g/mol. The number of fused-ring (bicyclic) bond motifs is 1. The van der Waals surface area contributed by atoms with Crippen LogP contribution in [0.1, 0.15) is 11.4 Å². The minimum atomic E-state index is -4.59. The number of hydrogen-bond acceptors (Lipinski definition) is 6. The highest BCUT2D eigenvalue weighted by Crippen LogP contribution is 2.29. The van der Waals surface area contributed by atoms with Crippen molar-refractivity contribution in [1.29, 1.82) is 0 Å². The van der Waals surface area contributed by atoms with Gasteiger partial charge in [-0.2, -0.15) is 18.3 Å². The number of hydrogen-bond donors (Lipinski definition) is 3. The number of H-pyrrole nitrogens is 1. The number of aliphatic hydroxyl groups is 1. The number of nitrogens with one attached hydrogen (secondary N) is 2. The number of aromatic nitrogens is 5. The van der Waals surface area contributed by atoms with E-state index in [1.165, 1.54) is 23.2 Å².